The van der Waals surface area contributed by atoms with Crippen molar-refractivity contribution in [3.8, 4) is 0 Å². The maximum absolute atomic E-state index is 11.2. The van der Waals surface area contributed by atoms with Gasteiger partial charge in [0.2, 0.25) is 0 Å². The molecule has 0 aromatic heterocycles. The summed E-state index contributed by atoms with van der Waals surface area (Å²) in [7, 11) is -4.29. The van der Waals surface area contributed by atoms with Crippen LogP contribution >= 0.6 is 0 Å². The van der Waals surface area contributed by atoms with Gasteiger partial charge in [0.1, 0.15) is 0 Å². The molecule has 0 aliphatic carbocycles. The quantitative estimate of drug-likeness (QED) is 0.254. The summed E-state index contributed by atoms with van der Waals surface area (Å²) in [4.78, 5) is 0. The van der Waals surface area contributed by atoms with Gasteiger partial charge in [0.25, 0.3) is 0 Å². The fraction of sp³-hybridized carbons (Fsp3) is 1.00. The number of unbranched alkanes of at least 4 members (excludes halogenated alkanes) is 9. The van der Waals surface area contributed by atoms with Crippen LogP contribution in [0.3, 0.4) is 0 Å². The molecule has 0 amide bonds. The summed E-state index contributed by atoms with van der Waals surface area (Å²) in [5, 5.41) is 9.06. The minimum atomic E-state index is -4.29. The van der Waals surface area contributed by atoms with E-state index in [-0.39, 0.29) is 36.0 Å². The summed E-state index contributed by atoms with van der Waals surface area (Å²) in [5.41, 5.74) is 0. The third kappa shape index (κ3) is 16.3. The van der Waals surface area contributed by atoms with E-state index >= 15 is 0 Å². The molecular formula is C18H37NaO4S. The summed E-state index contributed by atoms with van der Waals surface area (Å²) in [5.74, 6) is 0. The topological polar surface area (TPSA) is 77.4 Å². The zero-order valence-electron chi connectivity index (χ0n) is 16.1. The fourth-order valence-electron chi connectivity index (χ4n) is 2.92. The molecule has 0 aromatic carbocycles. The molecule has 1 N–H and O–H groups in total. The van der Waals surface area contributed by atoms with Gasteiger partial charge in [0.05, 0.1) is 21.5 Å². The van der Waals surface area contributed by atoms with E-state index in [0.717, 1.165) is 25.7 Å². The van der Waals surface area contributed by atoms with Gasteiger partial charge in [-0.05, 0) is 19.3 Å². The molecule has 0 aromatic rings. The summed E-state index contributed by atoms with van der Waals surface area (Å²) < 4.78 is 33.7. The minimum Gasteiger partial charge on any atom is -0.748 e. The molecule has 0 rings (SSSR count). The van der Waals surface area contributed by atoms with Crippen LogP contribution in [-0.2, 0) is 10.1 Å². The van der Waals surface area contributed by atoms with Gasteiger partial charge in [-0.3, -0.25) is 0 Å². The molecule has 0 saturated carbocycles. The Hall–Kier alpha value is 0.870. The molecule has 2 unspecified atom stereocenters. The second kappa shape index (κ2) is 17.3. The molecular weight excluding hydrogens is 335 g/mol. The molecule has 0 bridgehead atoms. The Labute approximate surface area is 172 Å². The first-order chi connectivity index (χ1) is 10.9. The van der Waals surface area contributed by atoms with Gasteiger partial charge < -0.3 is 9.66 Å². The summed E-state index contributed by atoms with van der Waals surface area (Å²) in [6.45, 7) is 4.18. The minimum absolute atomic E-state index is 0. The zero-order valence-corrected chi connectivity index (χ0v) is 19.0. The van der Waals surface area contributed by atoms with Crippen LogP contribution in [0.1, 0.15) is 104 Å². The predicted molar refractivity (Wildman–Crippen MR) is 95.5 cm³/mol. The molecule has 0 radical (unpaired) electrons. The van der Waals surface area contributed by atoms with E-state index in [1.54, 1.807) is 0 Å². The van der Waals surface area contributed by atoms with Crippen LogP contribution in [0.15, 0.2) is 0 Å². The number of rotatable bonds is 16. The van der Waals surface area contributed by atoms with Crippen LogP contribution in [0.4, 0.5) is 0 Å². The molecule has 0 aliphatic rings. The van der Waals surface area contributed by atoms with E-state index in [0.29, 0.717) is 12.8 Å². The Balaban J connectivity index is 0. The van der Waals surface area contributed by atoms with Gasteiger partial charge in [-0.25, -0.2) is 8.42 Å². The van der Waals surface area contributed by atoms with Crippen molar-refractivity contribution in [2.75, 3.05) is 0 Å². The number of hydrogen-bond acceptors (Lipinski definition) is 4. The van der Waals surface area contributed by atoms with E-state index in [2.05, 4.69) is 6.92 Å². The summed E-state index contributed by atoms with van der Waals surface area (Å²) in [6, 6.07) is 0. The van der Waals surface area contributed by atoms with E-state index in [1.165, 1.54) is 44.9 Å². The van der Waals surface area contributed by atoms with Crippen molar-refractivity contribution in [3.05, 3.63) is 0 Å². The average Bonchev–Trinajstić information content (AvgIpc) is 2.48. The monoisotopic (exact) mass is 372 g/mol. The van der Waals surface area contributed by atoms with Crippen molar-refractivity contribution >= 4 is 10.1 Å². The molecule has 2 atom stereocenters. The van der Waals surface area contributed by atoms with Gasteiger partial charge in [-0.1, -0.05) is 84.5 Å². The average molecular weight is 373 g/mol. The van der Waals surface area contributed by atoms with Gasteiger partial charge in [0, 0.05) is 0 Å². The Kier molecular flexibility index (Phi) is 19.5. The zero-order chi connectivity index (χ0) is 17.6. The molecule has 24 heavy (non-hydrogen) atoms. The normalized spacial score (nSPS) is 14.2. The van der Waals surface area contributed by atoms with Crippen LogP contribution in [0.25, 0.3) is 0 Å². The number of aliphatic hydroxyl groups is 1. The van der Waals surface area contributed by atoms with Crippen LogP contribution in [0.2, 0.25) is 0 Å². The van der Waals surface area contributed by atoms with Crippen molar-refractivity contribution < 1.29 is 47.6 Å². The summed E-state index contributed by atoms with van der Waals surface area (Å²) >= 11 is 0. The Bertz CT molecular complexity index is 360. The third-order valence-corrected chi connectivity index (χ3v) is 5.71. The molecule has 0 spiro atoms. The Morgan fingerprint density at radius 2 is 1.25 bits per heavy atom. The molecule has 6 heteroatoms. The Morgan fingerprint density at radius 3 is 1.71 bits per heavy atom. The van der Waals surface area contributed by atoms with E-state index in [1.807, 2.05) is 6.92 Å². The van der Waals surface area contributed by atoms with Crippen molar-refractivity contribution in [2.24, 2.45) is 0 Å². The van der Waals surface area contributed by atoms with Crippen molar-refractivity contribution in [2.45, 2.75) is 115 Å². The smallest absolute Gasteiger partial charge is 0.748 e. The number of aliphatic hydroxyl groups excluding tert-OH is 1. The van der Waals surface area contributed by atoms with Crippen molar-refractivity contribution in [1.82, 2.24) is 0 Å². The van der Waals surface area contributed by atoms with Gasteiger partial charge in [-0.15, -0.1) is 0 Å². The van der Waals surface area contributed by atoms with Gasteiger partial charge in [0.15, 0.2) is 0 Å². The molecule has 0 heterocycles. The molecule has 140 valence electrons. The second-order valence-corrected chi connectivity index (χ2v) is 8.42. The first kappa shape index (κ1) is 27.1. The molecule has 0 aliphatic heterocycles. The van der Waals surface area contributed by atoms with Crippen LogP contribution < -0.4 is 29.6 Å². The van der Waals surface area contributed by atoms with Gasteiger partial charge >= 0.3 is 29.6 Å². The molecule has 0 saturated heterocycles. The van der Waals surface area contributed by atoms with Crippen molar-refractivity contribution in [3.63, 3.8) is 0 Å². The standard InChI is InChI=1S/C18H38O4S.Na/c1-3-5-7-8-9-10-11-12-13-14-17(19)16-18(15-6-4-2)23(20,21)22;/h17-19H,3-16H2,1-2H3,(H,20,21,22);/q;+1/p-1. The van der Waals surface area contributed by atoms with Crippen molar-refractivity contribution in [1.29, 1.82) is 0 Å². The van der Waals surface area contributed by atoms with E-state index in [9.17, 15) is 18.1 Å². The second-order valence-electron chi connectivity index (χ2n) is 6.76. The third-order valence-electron chi connectivity index (χ3n) is 4.46. The predicted octanol–water partition coefficient (Wildman–Crippen LogP) is 1.77. The van der Waals surface area contributed by atoms with Crippen LogP contribution in [0.5, 0.6) is 0 Å². The Morgan fingerprint density at radius 1 is 0.792 bits per heavy atom. The van der Waals surface area contributed by atoms with E-state index in [4.69, 9.17) is 0 Å². The van der Waals surface area contributed by atoms with Crippen LogP contribution in [-0.4, -0.2) is 29.4 Å². The SMILES string of the molecule is CCCCCCCCCCCC(O)CC(CCCC)S(=O)(=O)[O-].[Na+]. The fourth-order valence-corrected chi connectivity index (χ4v) is 3.84. The first-order valence-electron chi connectivity index (χ1n) is 9.54. The largest absolute Gasteiger partial charge is 1.00 e. The maximum Gasteiger partial charge on any atom is 1.00 e. The summed E-state index contributed by atoms with van der Waals surface area (Å²) in [6.07, 6.45) is 12.9. The maximum atomic E-state index is 11.2. The van der Waals surface area contributed by atoms with E-state index < -0.39 is 21.5 Å². The number of hydrogen-bond donors (Lipinski definition) is 1. The van der Waals surface area contributed by atoms with Gasteiger partial charge in [-0.2, -0.15) is 0 Å². The van der Waals surface area contributed by atoms with Crippen LogP contribution in [0, 0.1) is 0 Å². The molecule has 4 nitrogen and oxygen atoms in total. The first-order valence-corrected chi connectivity index (χ1v) is 11.0. The molecule has 0 fully saturated rings.